The number of hydrogen-bond donors (Lipinski definition) is 1. The second-order valence-corrected chi connectivity index (χ2v) is 5.33. The number of nitrogen functional groups attached to an aromatic ring is 1. The van der Waals surface area contributed by atoms with Gasteiger partial charge in [-0.25, -0.2) is 4.98 Å². The fourth-order valence-electron chi connectivity index (χ4n) is 2.21. The van der Waals surface area contributed by atoms with Gasteiger partial charge in [-0.15, -0.1) is 0 Å². The molecule has 3 rings (SSSR count). The fourth-order valence-corrected chi connectivity index (χ4v) is 2.34. The van der Waals surface area contributed by atoms with Crippen LogP contribution in [0.3, 0.4) is 0 Å². The van der Waals surface area contributed by atoms with E-state index in [4.69, 9.17) is 17.3 Å². The van der Waals surface area contributed by atoms with Crippen LogP contribution in [0, 0.1) is 0 Å². The molecule has 20 heavy (non-hydrogen) atoms. The van der Waals surface area contributed by atoms with Gasteiger partial charge < -0.3 is 5.73 Å². The summed E-state index contributed by atoms with van der Waals surface area (Å²) in [4.78, 5) is 8.68. The van der Waals surface area contributed by atoms with E-state index in [0.29, 0.717) is 16.6 Å². The summed E-state index contributed by atoms with van der Waals surface area (Å²) in [6.07, 6.45) is 1.45. The lowest BCUT2D eigenvalue weighted by Crippen LogP contribution is -2.08. The Labute approximate surface area is 121 Å². The molecule has 0 aliphatic carbocycles. The summed E-state index contributed by atoms with van der Waals surface area (Å²) in [7, 11) is 0. The van der Waals surface area contributed by atoms with E-state index in [9.17, 15) is 0 Å². The van der Waals surface area contributed by atoms with Gasteiger partial charge >= 0.3 is 0 Å². The number of rotatable bonds is 2. The van der Waals surface area contributed by atoms with Crippen molar-refractivity contribution in [2.24, 2.45) is 0 Å². The van der Waals surface area contributed by atoms with Crippen molar-refractivity contribution in [2.45, 2.75) is 19.8 Å². The zero-order valence-corrected chi connectivity index (χ0v) is 12.0. The van der Waals surface area contributed by atoms with Gasteiger partial charge in [0.05, 0.1) is 5.69 Å². The molecule has 5 nitrogen and oxygen atoms in total. The van der Waals surface area contributed by atoms with Crippen LogP contribution in [0.15, 0.2) is 30.6 Å². The summed E-state index contributed by atoms with van der Waals surface area (Å²) in [6, 6.07) is 7.55. The Morgan fingerprint density at radius 3 is 2.55 bits per heavy atom. The van der Waals surface area contributed by atoms with E-state index in [1.54, 1.807) is 4.52 Å². The van der Waals surface area contributed by atoms with Crippen molar-refractivity contribution in [1.29, 1.82) is 0 Å². The summed E-state index contributed by atoms with van der Waals surface area (Å²) in [5.74, 6) is 1.28. The average Bonchev–Trinajstić information content (AvgIpc) is 2.88. The highest BCUT2D eigenvalue weighted by Crippen LogP contribution is 2.33. The maximum Gasteiger partial charge on any atom is 0.254 e. The lowest BCUT2D eigenvalue weighted by Gasteiger charge is -2.15. The number of nitrogens with zero attached hydrogens (tertiary/aromatic N) is 4. The van der Waals surface area contributed by atoms with E-state index in [1.807, 2.05) is 24.3 Å². The van der Waals surface area contributed by atoms with Crippen LogP contribution in [-0.2, 0) is 0 Å². The predicted octanol–water partition coefficient (Wildman–Crippen LogP) is 3.15. The van der Waals surface area contributed by atoms with Crippen LogP contribution in [-0.4, -0.2) is 19.6 Å². The highest BCUT2D eigenvalue weighted by molar-refractivity contribution is 6.30. The molecule has 2 heterocycles. The number of benzene rings is 1. The predicted molar refractivity (Wildman–Crippen MR) is 79.7 cm³/mol. The standard InChI is InChI=1S/C14H14ClN5/c1-8(2)12-11(9-3-5-10(15)6-4-9)13(16)20-14(19-12)17-7-18-20/h3-8H,16H2,1-2H3. The molecular formula is C14H14ClN5. The third-order valence-corrected chi connectivity index (χ3v) is 3.42. The van der Waals surface area contributed by atoms with Crippen LogP contribution < -0.4 is 5.73 Å². The zero-order chi connectivity index (χ0) is 14.3. The molecule has 2 aromatic heterocycles. The van der Waals surface area contributed by atoms with Gasteiger partial charge in [-0.2, -0.15) is 14.6 Å². The molecule has 0 aliphatic heterocycles. The first-order chi connectivity index (χ1) is 9.58. The first-order valence-corrected chi connectivity index (χ1v) is 6.70. The number of nitrogens with two attached hydrogens (primary N) is 1. The molecule has 0 fully saturated rings. The largest absolute Gasteiger partial charge is 0.383 e. The molecule has 2 N–H and O–H groups in total. The monoisotopic (exact) mass is 287 g/mol. The lowest BCUT2D eigenvalue weighted by atomic mass is 9.98. The van der Waals surface area contributed by atoms with Crippen molar-refractivity contribution in [2.75, 3.05) is 5.73 Å². The Morgan fingerprint density at radius 1 is 1.20 bits per heavy atom. The van der Waals surface area contributed by atoms with Gasteiger partial charge in [0.15, 0.2) is 0 Å². The Kier molecular flexibility index (Phi) is 3.06. The first kappa shape index (κ1) is 12.9. The molecule has 1 aromatic carbocycles. The SMILES string of the molecule is CC(C)c1nc2ncnn2c(N)c1-c1ccc(Cl)cc1. The van der Waals surface area contributed by atoms with Crippen molar-refractivity contribution in [3.8, 4) is 11.1 Å². The van der Waals surface area contributed by atoms with Crippen molar-refractivity contribution in [1.82, 2.24) is 19.6 Å². The smallest absolute Gasteiger partial charge is 0.254 e. The zero-order valence-electron chi connectivity index (χ0n) is 11.2. The van der Waals surface area contributed by atoms with Gasteiger partial charge in [0, 0.05) is 10.6 Å². The Balaban J connectivity index is 2.34. The van der Waals surface area contributed by atoms with E-state index in [1.165, 1.54) is 6.33 Å². The normalized spacial score (nSPS) is 11.4. The van der Waals surface area contributed by atoms with Crippen LogP contribution in [0.4, 0.5) is 5.82 Å². The molecule has 0 bridgehead atoms. The van der Waals surface area contributed by atoms with Crippen molar-refractivity contribution in [3.63, 3.8) is 0 Å². The third kappa shape index (κ3) is 2.00. The molecule has 0 amide bonds. The molecule has 0 aliphatic rings. The maximum absolute atomic E-state index is 6.26. The highest BCUT2D eigenvalue weighted by atomic mass is 35.5. The van der Waals surface area contributed by atoms with Gasteiger partial charge in [-0.1, -0.05) is 37.6 Å². The molecule has 3 aromatic rings. The van der Waals surface area contributed by atoms with Gasteiger partial charge in [0.2, 0.25) is 0 Å². The van der Waals surface area contributed by atoms with Crippen molar-refractivity contribution < 1.29 is 0 Å². The first-order valence-electron chi connectivity index (χ1n) is 6.33. The summed E-state index contributed by atoms with van der Waals surface area (Å²) < 4.78 is 1.55. The van der Waals surface area contributed by atoms with Gasteiger partial charge in [-0.05, 0) is 23.6 Å². The molecule has 0 unspecified atom stereocenters. The van der Waals surface area contributed by atoms with Crippen LogP contribution in [0.5, 0.6) is 0 Å². The van der Waals surface area contributed by atoms with Crippen LogP contribution in [0.2, 0.25) is 5.02 Å². The molecule has 0 atom stereocenters. The van der Waals surface area contributed by atoms with Gasteiger partial charge in [-0.3, -0.25) is 0 Å². The minimum atomic E-state index is 0.227. The Hall–Kier alpha value is -2.14. The molecule has 0 saturated carbocycles. The molecular weight excluding hydrogens is 274 g/mol. The van der Waals surface area contributed by atoms with Gasteiger partial charge in [0.1, 0.15) is 12.1 Å². The van der Waals surface area contributed by atoms with Crippen molar-refractivity contribution in [3.05, 3.63) is 41.3 Å². The molecule has 0 radical (unpaired) electrons. The maximum atomic E-state index is 6.26. The van der Waals surface area contributed by atoms with E-state index in [2.05, 4.69) is 28.9 Å². The van der Waals surface area contributed by atoms with E-state index in [-0.39, 0.29) is 5.92 Å². The number of anilines is 1. The third-order valence-electron chi connectivity index (χ3n) is 3.17. The van der Waals surface area contributed by atoms with Gasteiger partial charge in [0.25, 0.3) is 5.78 Å². The van der Waals surface area contributed by atoms with Crippen LogP contribution in [0.25, 0.3) is 16.9 Å². The lowest BCUT2D eigenvalue weighted by molar-refractivity contribution is 0.813. The molecule has 0 spiro atoms. The van der Waals surface area contributed by atoms with Crippen LogP contribution in [0.1, 0.15) is 25.5 Å². The Bertz CT molecular complexity index is 761. The van der Waals surface area contributed by atoms with Crippen LogP contribution >= 0.6 is 11.6 Å². The molecule has 6 heteroatoms. The fraction of sp³-hybridized carbons (Fsp3) is 0.214. The summed E-state index contributed by atoms with van der Waals surface area (Å²) in [6.45, 7) is 4.15. The van der Waals surface area contributed by atoms with E-state index in [0.717, 1.165) is 16.8 Å². The average molecular weight is 288 g/mol. The topological polar surface area (TPSA) is 69.1 Å². The number of halogens is 1. The minimum absolute atomic E-state index is 0.227. The number of aromatic nitrogens is 4. The highest BCUT2D eigenvalue weighted by Gasteiger charge is 2.18. The quantitative estimate of drug-likeness (QED) is 0.786. The molecule has 0 saturated heterocycles. The number of hydrogen-bond acceptors (Lipinski definition) is 4. The van der Waals surface area contributed by atoms with E-state index >= 15 is 0 Å². The Morgan fingerprint density at radius 2 is 1.90 bits per heavy atom. The minimum Gasteiger partial charge on any atom is -0.383 e. The second-order valence-electron chi connectivity index (χ2n) is 4.89. The van der Waals surface area contributed by atoms with Crippen molar-refractivity contribution >= 4 is 23.2 Å². The summed E-state index contributed by atoms with van der Waals surface area (Å²) >= 11 is 5.94. The molecule has 102 valence electrons. The summed E-state index contributed by atoms with van der Waals surface area (Å²) in [5.41, 5.74) is 9.02. The van der Waals surface area contributed by atoms with E-state index < -0.39 is 0 Å². The number of fused-ring (bicyclic) bond motifs is 1. The summed E-state index contributed by atoms with van der Waals surface area (Å²) in [5, 5.41) is 4.80. The second kappa shape index (κ2) is 4.76.